The van der Waals surface area contributed by atoms with Crippen LogP contribution in [0.5, 0.6) is 11.5 Å². The first-order valence-corrected chi connectivity index (χ1v) is 6.75. The first-order valence-electron chi connectivity index (χ1n) is 6.75. The lowest BCUT2D eigenvalue weighted by Gasteiger charge is -2.11. The van der Waals surface area contributed by atoms with Crippen LogP contribution in [0.25, 0.3) is 6.08 Å². The van der Waals surface area contributed by atoms with Gasteiger partial charge in [-0.25, -0.2) is 0 Å². The number of anilines is 1. The molecule has 0 saturated heterocycles. The van der Waals surface area contributed by atoms with Crippen molar-refractivity contribution < 1.29 is 15.0 Å². The summed E-state index contributed by atoms with van der Waals surface area (Å²) < 4.78 is 0. The van der Waals surface area contributed by atoms with Gasteiger partial charge < -0.3 is 10.2 Å². The first kappa shape index (κ1) is 13.9. The van der Waals surface area contributed by atoms with E-state index in [1.54, 1.807) is 19.1 Å². The largest absolute Gasteiger partial charge is 0.504 e. The van der Waals surface area contributed by atoms with Crippen LogP contribution in [-0.2, 0) is 4.79 Å². The molecule has 0 bridgehead atoms. The zero-order chi connectivity index (χ0) is 15.7. The predicted molar refractivity (Wildman–Crippen MR) is 84.8 cm³/mol. The SMILES string of the molecule is CC1=NN(c2ccccc2)C(=O)/C1=C\c1ccc(O)c(O)c1. The minimum atomic E-state index is -0.227. The summed E-state index contributed by atoms with van der Waals surface area (Å²) in [5, 5.41) is 24.5. The Kier molecular flexibility index (Phi) is 3.39. The second-order valence-corrected chi connectivity index (χ2v) is 4.94. The van der Waals surface area contributed by atoms with Gasteiger partial charge in [0.25, 0.3) is 5.91 Å². The molecule has 3 rings (SSSR count). The van der Waals surface area contributed by atoms with Gasteiger partial charge in [0, 0.05) is 0 Å². The lowest BCUT2D eigenvalue weighted by molar-refractivity contribution is -0.114. The number of hydrogen-bond donors (Lipinski definition) is 2. The molecule has 0 aromatic heterocycles. The van der Waals surface area contributed by atoms with Crippen molar-refractivity contribution in [1.29, 1.82) is 0 Å². The number of amides is 1. The molecule has 0 aliphatic carbocycles. The molecule has 0 atom stereocenters. The molecule has 1 heterocycles. The molecular weight excluding hydrogens is 280 g/mol. The topological polar surface area (TPSA) is 73.1 Å². The van der Waals surface area contributed by atoms with E-state index in [1.165, 1.54) is 17.1 Å². The van der Waals surface area contributed by atoms with Crippen molar-refractivity contribution in [2.45, 2.75) is 6.92 Å². The Morgan fingerprint density at radius 3 is 2.45 bits per heavy atom. The predicted octanol–water partition coefficient (Wildman–Crippen LogP) is 2.90. The number of nitrogens with zero attached hydrogens (tertiary/aromatic N) is 2. The van der Waals surface area contributed by atoms with E-state index in [4.69, 9.17) is 0 Å². The van der Waals surface area contributed by atoms with Crippen molar-refractivity contribution in [2.24, 2.45) is 5.10 Å². The van der Waals surface area contributed by atoms with Gasteiger partial charge in [-0.15, -0.1) is 0 Å². The summed E-state index contributed by atoms with van der Waals surface area (Å²) in [6.07, 6.45) is 1.64. The summed E-state index contributed by atoms with van der Waals surface area (Å²) in [5.41, 5.74) is 2.36. The number of aromatic hydroxyl groups is 2. The molecule has 22 heavy (non-hydrogen) atoms. The first-order chi connectivity index (χ1) is 10.6. The molecular formula is C17H14N2O3. The molecule has 1 aliphatic heterocycles. The zero-order valence-electron chi connectivity index (χ0n) is 11.9. The number of carbonyl (C=O) groups excluding carboxylic acids is 1. The number of rotatable bonds is 2. The van der Waals surface area contributed by atoms with Crippen LogP contribution in [0.4, 0.5) is 5.69 Å². The van der Waals surface area contributed by atoms with Crippen LogP contribution in [0.1, 0.15) is 12.5 Å². The third-order valence-corrected chi connectivity index (χ3v) is 3.37. The molecule has 5 heteroatoms. The number of hydrogen-bond acceptors (Lipinski definition) is 4. The van der Waals surface area contributed by atoms with Crippen LogP contribution in [0.3, 0.4) is 0 Å². The molecule has 0 saturated carbocycles. The zero-order valence-corrected chi connectivity index (χ0v) is 11.9. The third-order valence-electron chi connectivity index (χ3n) is 3.37. The maximum Gasteiger partial charge on any atom is 0.280 e. The summed E-state index contributed by atoms with van der Waals surface area (Å²) >= 11 is 0. The Morgan fingerprint density at radius 1 is 1.05 bits per heavy atom. The van der Waals surface area contributed by atoms with E-state index in [9.17, 15) is 15.0 Å². The summed E-state index contributed by atoms with van der Waals surface area (Å²) in [7, 11) is 0. The number of phenolic OH excluding ortho intramolecular Hbond substituents is 2. The lowest BCUT2D eigenvalue weighted by atomic mass is 10.1. The molecule has 0 fully saturated rings. The number of hydrazone groups is 1. The van der Waals surface area contributed by atoms with Gasteiger partial charge in [0.05, 0.1) is 17.0 Å². The fraction of sp³-hybridized carbons (Fsp3) is 0.0588. The molecule has 1 amide bonds. The van der Waals surface area contributed by atoms with Gasteiger partial charge in [0.1, 0.15) is 0 Å². The summed E-state index contributed by atoms with van der Waals surface area (Å²) in [6.45, 7) is 1.76. The van der Waals surface area contributed by atoms with Crippen LogP contribution >= 0.6 is 0 Å². The minimum absolute atomic E-state index is 0.198. The average molecular weight is 294 g/mol. The van der Waals surface area contributed by atoms with Gasteiger partial charge in [0.2, 0.25) is 0 Å². The third kappa shape index (κ3) is 2.44. The minimum Gasteiger partial charge on any atom is -0.504 e. The standard InChI is InChI=1S/C17H14N2O3/c1-11-14(9-12-7-8-15(20)16(21)10-12)17(22)19(18-11)13-5-3-2-4-6-13/h2-10,20-21H,1H3/b14-9-. The molecule has 0 spiro atoms. The molecule has 2 aromatic rings. The Labute approximate surface area is 127 Å². The maximum atomic E-state index is 12.5. The van der Waals surface area contributed by atoms with Crippen molar-refractivity contribution in [1.82, 2.24) is 0 Å². The van der Waals surface area contributed by atoms with Crippen LogP contribution < -0.4 is 5.01 Å². The van der Waals surface area contributed by atoms with Crippen LogP contribution in [0.15, 0.2) is 59.2 Å². The van der Waals surface area contributed by atoms with Gasteiger partial charge in [-0.3, -0.25) is 4.79 Å². The smallest absolute Gasteiger partial charge is 0.280 e. The van der Waals surface area contributed by atoms with E-state index in [-0.39, 0.29) is 17.4 Å². The van der Waals surface area contributed by atoms with Crippen molar-refractivity contribution in [3.05, 3.63) is 59.7 Å². The Hall–Kier alpha value is -3.08. The van der Waals surface area contributed by atoms with Gasteiger partial charge in [-0.2, -0.15) is 10.1 Å². The molecule has 2 N–H and O–H groups in total. The van der Waals surface area contributed by atoms with Crippen molar-refractivity contribution in [3.63, 3.8) is 0 Å². The second-order valence-electron chi connectivity index (χ2n) is 4.94. The molecule has 0 unspecified atom stereocenters. The number of carbonyl (C=O) groups is 1. The van der Waals surface area contributed by atoms with Gasteiger partial charge in [-0.05, 0) is 42.8 Å². The number of benzene rings is 2. The molecule has 110 valence electrons. The van der Waals surface area contributed by atoms with E-state index in [0.29, 0.717) is 22.5 Å². The highest BCUT2D eigenvalue weighted by Gasteiger charge is 2.28. The van der Waals surface area contributed by atoms with E-state index in [1.807, 2.05) is 30.3 Å². The fourth-order valence-electron chi connectivity index (χ4n) is 2.23. The highest BCUT2D eigenvalue weighted by molar-refractivity contribution is 6.32. The fourth-order valence-corrected chi connectivity index (χ4v) is 2.23. The van der Waals surface area contributed by atoms with Crippen LogP contribution in [-0.4, -0.2) is 21.8 Å². The average Bonchev–Trinajstić information content (AvgIpc) is 2.80. The normalized spacial score (nSPS) is 16.2. The monoisotopic (exact) mass is 294 g/mol. The van der Waals surface area contributed by atoms with E-state index in [2.05, 4.69) is 5.10 Å². The van der Waals surface area contributed by atoms with Crippen molar-refractivity contribution in [3.8, 4) is 11.5 Å². The maximum absolute atomic E-state index is 12.5. The Bertz CT molecular complexity index is 795. The Morgan fingerprint density at radius 2 is 1.77 bits per heavy atom. The molecule has 2 aromatic carbocycles. The molecule has 0 radical (unpaired) electrons. The summed E-state index contributed by atoms with van der Waals surface area (Å²) in [4.78, 5) is 12.5. The highest BCUT2D eigenvalue weighted by Crippen LogP contribution is 2.28. The van der Waals surface area contributed by atoms with Gasteiger partial charge >= 0.3 is 0 Å². The Balaban J connectivity index is 1.96. The van der Waals surface area contributed by atoms with Gasteiger partial charge in [-0.1, -0.05) is 24.3 Å². The quantitative estimate of drug-likeness (QED) is 0.660. The second kappa shape index (κ2) is 5.37. The van der Waals surface area contributed by atoms with Crippen molar-refractivity contribution in [2.75, 3.05) is 5.01 Å². The van der Waals surface area contributed by atoms with Crippen LogP contribution in [0, 0.1) is 0 Å². The van der Waals surface area contributed by atoms with E-state index < -0.39 is 0 Å². The van der Waals surface area contributed by atoms with Crippen LogP contribution in [0.2, 0.25) is 0 Å². The molecule has 1 aliphatic rings. The summed E-state index contributed by atoms with van der Waals surface area (Å²) in [6, 6.07) is 13.6. The van der Waals surface area contributed by atoms with E-state index >= 15 is 0 Å². The van der Waals surface area contributed by atoms with Gasteiger partial charge in [0.15, 0.2) is 11.5 Å². The van der Waals surface area contributed by atoms with E-state index in [0.717, 1.165) is 0 Å². The number of para-hydroxylation sites is 1. The van der Waals surface area contributed by atoms with Crippen molar-refractivity contribution >= 4 is 23.4 Å². The number of phenols is 2. The highest BCUT2D eigenvalue weighted by atomic mass is 16.3. The molecule has 5 nitrogen and oxygen atoms in total. The lowest BCUT2D eigenvalue weighted by Crippen LogP contribution is -2.21. The summed E-state index contributed by atoms with van der Waals surface area (Å²) in [5.74, 6) is -0.651.